The van der Waals surface area contributed by atoms with Gasteiger partial charge >= 0.3 is 7.12 Å². The van der Waals surface area contributed by atoms with Gasteiger partial charge in [0.15, 0.2) is 0 Å². The Bertz CT molecular complexity index is 443. The summed E-state index contributed by atoms with van der Waals surface area (Å²) >= 11 is 7.77. The Labute approximate surface area is 118 Å². The van der Waals surface area contributed by atoms with Gasteiger partial charge in [0.1, 0.15) is 5.15 Å². The van der Waals surface area contributed by atoms with E-state index in [4.69, 9.17) is 20.9 Å². The number of hydrogen-bond acceptors (Lipinski definition) is 4. The molecule has 1 aliphatic heterocycles. The van der Waals surface area contributed by atoms with Crippen LogP contribution in [0.5, 0.6) is 0 Å². The third kappa shape index (κ3) is 2.33. The highest BCUT2D eigenvalue weighted by Gasteiger charge is 2.53. The number of hydrogen-bond donors (Lipinski definition) is 0. The van der Waals surface area contributed by atoms with Gasteiger partial charge in [-0.25, -0.2) is 4.98 Å². The molecule has 1 aliphatic rings. The zero-order chi connectivity index (χ0) is 13.7. The van der Waals surface area contributed by atoms with Crippen molar-refractivity contribution in [3.05, 3.63) is 10.2 Å². The quantitative estimate of drug-likeness (QED) is 0.783. The second-order valence-corrected chi connectivity index (χ2v) is 7.37. The molecule has 0 unspecified atom stereocenters. The van der Waals surface area contributed by atoms with Gasteiger partial charge in [-0.15, -0.1) is 11.3 Å². The van der Waals surface area contributed by atoms with Crippen LogP contribution in [0.1, 0.15) is 52.5 Å². The monoisotopic (exact) mass is 287 g/mol. The lowest BCUT2D eigenvalue weighted by Crippen LogP contribution is -2.41. The van der Waals surface area contributed by atoms with Crippen LogP contribution in [0.25, 0.3) is 0 Å². The molecule has 0 bridgehead atoms. The van der Waals surface area contributed by atoms with Gasteiger partial charge in [0.05, 0.1) is 21.0 Å². The fourth-order valence-corrected chi connectivity index (χ4v) is 2.94. The van der Waals surface area contributed by atoms with Crippen LogP contribution < -0.4 is 4.78 Å². The van der Waals surface area contributed by atoms with Crippen molar-refractivity contribution in [2.45, 2.75) is 58.7 Å². The summed E-state index contributed by atoms with van der Waals surface area (Å²) in [4.78, 5) is 4.37. The summed E-state index contributed by atoms with van der Waals surface area (Å²) in [5.74, 6) is 0.365. The second-order valence-electron chi connectivity index (χ2n) is 5.95. The minimum Gasteiger partial charge on any atom is -0.399 e. The molecule has 2 rings (SSSR count). The topological polar surface area (TPSA) is 31.4 Å². The molecule has 0 saturated carbocycles. The number of nitrogens with zero attached hydrogens (tertiary/aromatic N) is 1. The Kier molecular flexibility index (Phi) is 3.56. The van der Waals surface area contributed by atoms with E-state index in [9.17, 15) is 0 Å². The standard InChI is InChI=1S/C12H19BClNO2S/c1-7(2)10-15-9(14)8(18-10)13-16-11(3,4)12(5,6)17-13/h7H,1-6H3. The molecule has 0 aliphatic carbocycles. The van der Waals surface area contributed by atoms with Crippen molar-refractivity contribution in [1.29, 1.82) is 0 Å². The molecule has 0 atom stereocenters. The largest absolute Gasteiger partial charge is 0.508 e. The molecule has 3 nitrogen and oxygen atoms in total. The van der Waals surface area contributed by atoms with E-state index >= 15 is 0 Å². The van der Waals surface area contributed by atoms with Crippen LogP contribution in [0, 0.1) is 0 Å². The van der Waals surface area contributed by atoms with Crippen LogP contribution in [0.4, 0.5) is 0 Å². The summed E-state index contributed by atoms with van der Waals surface area (Å²) in [6, 6.07) is 0. The Morgan fingerprint density at radius 2 is 1.67 bits per heavy atom. The van der Waals surface area contributed by atoms with Crippen molar-refractivity contribution in [2.75, 3.05) is 0 Å². The molecule has 1 saturated heterocycles. The molecule has 1 aromatic rings. The van der Waals surface area contributed by atoms with Crippen LogP contribution in [0.3, 0.4) is 0 Å². The van der Waals surface area contributed by atoms with Gasteiger partial charge < -0.3 is 9.31 Å². The first kappa shape index (κ1) is 14.3. The van der Waals surface area contributed by atoms with Gasteiger partial charge in [-0.05, 0) is 27.7 Å². The molecule has 0 N–H and O–H groups in total. The highest BCUT2D eigenvalue weighted by Crippen LogP contribution is 2.37. The first-order chi connectivity index (χ1) is 8.14. The average Bonchev–Trinajstić information content (AvgIpc) is 2.66. The summed E-state index contributed by atoms with van der Waals surface area (Å²) < 4.78 is 12.8. The fraction of sp³-hybridized carbons (Fsp3) is 0.750. The number of rotatable bonds is 2. The Morgan fingerprint density at radius 1 is 1.17 bits per heavy atom. The Morgan fingerprint density at radius 3 is 2.06 bits per heavy atom. The smallest absolute Gasteiger partial charge is 0.399 e. The number of halogens is 1. The maximum atomic E-state index is 6.19. The van der Waals surface area contributed by atoms with E-state index < -0.39 is 7.12 Å². The Hall–Kier alpha value is -0.0951. The molecule has 1 fully saturated rings. The fourth-order valence-electron chi connectivity index (χ4n) is 1.67. The molecule has 6 heteroatoms. The van der Waals surface area contributed by atoms with E-state index in [-0.39, 0.29) is 11.2 Å². The number of thiazole rings is 1. The van der Waals surface area contributed by atoms with Crippen molar-refractivity contribution in [3.63, 3.8) is 0 Å². The lowest BCUT2D eigenvalue weighted by atomic mass is 9.89. The molecule has 2 heterocycles. The third-order valence-electron chi connectivity index (χ3n) is 3.59. The summed E-state index contributed by atoms with van der Waals surface area (Å²) in [5, 5.41) is 1.52. The average molecular weight is 288 g/mol. The van der Waals surface area contributed by atoms with E-state index in [1.165, 1.54) is 0 Å². The van der Waals surface area contributed by atoms with E-state index in [2.05, 4.69) is 18.8 Å². The van der Waals surface area contributed by atoms with Crippen LogP contribution in [0.2, 0.25) is 5.15 Å². The predicted octanol–water partition coefficient (Wildman–Crippen LogP) is 3.22. The summed E-state index contributed by atoms with van der Waals surface area (Å²) in [7, 11) is -0.410. The second kappa shape index (κ2) is 4.48. The van der Waals surface area contributed by atoms with Gasteiger partial charge in [0, 0.05) is 5.92 Å². The highest BCUT2D eigenvalue weighted by molar-refractivity contribution is 7.23. The van der Waals surface area contributed by atoms with E-state index in [0.717, 1.165) is 9.78 Å². The summed E-state index contributed by atoms with van der Waals surface area (Å²) in [5.41, 5.74) is -0.689. The molecule has 1 aromatic heterocycles. The van der Waals surface area contributed by atoms with Gasteiger partial charge in [-0.2, -0.15) is 0 Å². The van der Waals surface area contributed by atoms with Crippen molar-refractivity contribution in [3.8, 4) is 0 Å². The lowest BCUT2D eigenvalue weighted by molar-refractivity contribution is 0.00578. The third-order valence-corrected chi connectivity index (χ3v) is 5.37. The normalized spacial score (nSPS) is 21.9. The molecule has 100 valence electrons. The molecule has 0 radical (unpaired) electrons. The van der Waals surface area contributed by atoms with Crippen molar-refractivity contribution < 1.29 is 9.31 Å². The minimum atomic E-state index is -0.410. The SMILES string of the molecule is CC(C)c1nc(Cl)c(B2OC(C)(C)C(C)(C)O2)s1. The van der Waals surface area contributed by atoms with Crippen LogP contribution in [0.15, 0.2) is 0 Å². The maximum absolute atomic E-state index is 6.19. The first-order valence-corrected chi connectivity index (χ1v) is 7.35. The zero-order valence-electron chi connectivity index (χ0n) is 11.7. The molecular formula is C12H19BClNO2S. The molecule has 0 amide bonds. The van der Waals surface area contributed by atoms with Gasteiger partial charge in [-0.3, -0.25) is 0 Å². The zero-order valence-corrected chi connectivity index (χ0v) is 13.3. The maximum Gasteiger partial charge on any atom is 0.508 e. The van der Waals surface area contributed by atoms with Gasteiger partial charge in [-0.1, -0.05) is 25.4 Å². The van der Waals surface area contributed by atoms with Crippen LogP contribution >= 0.6 is 22.9 Å². The van der Waals surface area contributed by atoms with Crippen LogP contribution in [-0.2, 0) is 9.31 Å². The van der Waals surface area contributed by atoms with Crippen molar-refractivity contribution in [2.24, 2.45) is 0 Å². The van der Waals surface area contributed by atoms with E-state index in [0.29, 0.717) is 11.1 Å². The highest BCUT2D eigenvalue weighted by atomic mass is 35.5. The molecule has 0 aromatic carbocycles. The summed E-state index contributed by atoms with van der Waals surface area (Å²) in [6.07, 6.45) is 0. The van der Waals surface area contributed by atoms with Crippen molar-refractivity contribution >= 4 is 34.8 Å². The van der Waals surface area contributed by atoms with E-state index in [1.807, 2.05) is 27.7 Å². The molecule has 0 spiro atoms. The number of aromatic nitrogens is 1. The van der Waals surface area contributed by atoms with Crippen LogP contribution in [-0.4, -0.2) is 23.3 Å². The molecular weight excluding hydrogens is 268 g/mol. The summed E-state index contributed by atoms with van der Waals surface area (Å²) in [6.45, 7) is 12.3. The van der Waals surface area contributed by atoms with Gasteiger partial charge in [0.25, 0.3) is 0 Å². The lowest BCUT2D eigenvalue weighted by Gasteiger charge is -2.32. The Balaban J connectivity index is 2.30. The predicted molar refractivity (Wildman–Crippen MR) is 76.9 cm³/mol. The minimum absolute atomic E-state index is 0.344. The first-order valence-electron chi connectivity index (χ1n) is 6.16. The van der Waals surface area contributed by atoms with E-state index in [1.54, 1.807) is 11.3 Å². The molecule has 18 heavy (non-hydrogen) atoms. The van der Waals surface area contributed by atoms with Gasteiger partial charge in [0.2, 0.25) is 0 Å². The van der Waals surface area contributed by atoms with Crippen molar-refractivity contribution in [1.82, 2.24) is 4.98 Å².